The lowest BCUT2D eigenvalue weighted by molar-refractivity contribution is -0.141. The number of aryl methyl sites for hydroxylation is 1. The van der Waals surface area contributed by atoms with Crippen molar-refractivity contribution in [2.75, 3.05) is 6.54 Å². The molecule has 4 nitrogen and oxygen atoms in total. The maximum atomic E-state index is 13.2. The number of amides is 1. The summed E-state index contributed by atoms with van der Waals surface area (Å²) in [7, 11) is 0. The molecule has 4 bridgehead atoms. The SMILES string of the molecule is O=C(CC12CC3CC(CC(C3)C1)C2)NCCCn1nc(C(F)(F)F)c(Cl)c1C1CC1. The van der Waals surface area contributed by atoms with E-state index in [9.17, 15) is 18.0 Å². The maximum absolute atomic E-state index is 13.2. The van der Waals surface area contributed by atoms with E-state index in [2.05, 4.69) is 10.4 Å². The Balaban J connectivity index is 1.14. The van der Waals surface area contributed by atoms with Gasteiger partial charge in [-0.2, -0.15) is 18.3 Å². The summed E-state index contributed by atoms with van der Waals surface area (Å²) in [5.74, 6) is 2.62. The highest BCUT2D eigenvalue weighted by Crippen LogP contribution is 2.61. The summed E-state index contributed by atoms with van der Waals surface area (Å²) in [6.45, 7) is 0.785. The molecule has 0 atom stereocenters. The zero-order valence-corrected chi connectivity index (χ0v) is 17.9. The molecule has 0 radical (unpaired) electrons. The predicted molar refractivity (Wildman–Crippen MR) is 107 cm³/mol. The zero-order chi connectivity index (χ0) is 21.1. The number of hydrogen-bond donors (Lipinski definition) is 1. The first kappa shape index (κ1) is 20.7. The van der Waals surface area contributed by atoms with Gasteiger partial charge in [0.15, 0.2) is 5.69 Å². The molecule has 1 N–H and O–H groups in total. The van der Waals surface area contributed by atoms with Gasteiger partial charge in [0.2, 0.25) is 5.91 Å². The number of alkyl halides is 3. The zero-order valence-electron chi connectivity index (χ0n) is 17.1. The summed E-state index contributed by atoms with van der Waals surface area (Å²) in [6, 6.07) is 0. The van der Waals surface area contributed by atoms with Crippen molar-refractivity contribution in [3.05, 3.63) is 16.4 Å². The van der Waals surface area contributed by atoms with Gasteiger partial charge < -0.3 is 5.32 Å². The van der Waals surface area contributed by atoms with Gasteiger partial charge in [-0.15, -0.1) is 0 Å². The highest BCUT2D eigenvalue weighted by atomic mass is 35.5. The molecular weight excluding hydrogens is 415 g/mol. The van der Waals surface area contributed by atoms with Crippen molar-refractivity contribution in [3.8, 4) is 0 Å². The minimum atomic E-state index is -4.54. The summed E-state index contributed by atoms with van der Waals surface area (Å²) in [6.07, 6.45) is 5.98. The quantitative estimate of drug-likeness (QED) is 0.562. The molecule has 1 aromatic rings. The molecule has 5 aliphatic rings. The van der Waals surface area contributed by atoms with Crippen LogP contribution in [0.4, 0.5) is 13.2 Å². The highest BCUT2D eigenvalue weighted by Gasteiger charge is 2.51. The van der Waals surface area contributed by atoms with Crippen molar-refractivity contribution >= 4 is 17.5 Å². The van der Waals surface area contributed by atoms with Crippen molar-refractivity contribution in [1.82, 2.24) is 15.1 Å². The van der Waals surface area contributed by atoms with Crippen molar-refractivity contribution in [3.63, 3.8) is 0 Å². The van der Waals surface area contributed by atoms with Crippen LogP contribution in [0.3, 0.4) is 0 Å². The van der Waals surface area contributed by atoms with Gasteiger partial charge in [-0.3, -0.25) is 9.48 Å². The standard InChI is InChI=1S/C22H29ClF3N3O/c23-18-19(16-2-3-16)29(28-20(18)22(24,25)26)5-1-4-27-17(30)12-21-9-13-6-14(10-21)8-15(7-13)11-21/h13-16H,1-12H2,(H,27,30). The van der Waals surface area contributed by atoms with Gasteiger partial charge in [0.1, 0.15) is 0 Å². The number of rotatable bonds is 7. The molecule has 5 saturated carbocycles. The van der Waals surface area contributed by atoms with Gasteiger partial charge in [-0.1, -0.05) is 11.6 Å². The van der Waals surface area contributed by atoms with Crippen LogP contribution < -0.4 is 5.32 Å². The van der Waals surface area contributed by atoms with Crippen LogP contribution in [0.1, 0.15) is 81.5 Å². The van der Waals surface area contributed by atoms with E-state index in [4.69, 9.17) is 11.6 Å². The Morgan fingerprint density at radius 2 is 1.73 bits per heavy atom. The molecule has 30 heavy (non-hydrogen) atoms. The first-order valence-electron chi connectivity index (χ1n) is 11.3. The second kappa shape index (κ2) is 7.42. The van der Waals surface area contributed by atoms with Gasteiger partial charge in [-0.05, 0) is 81.0 Å². The number of nitrogens with zero attached hydrogens (tertiary/aromatic N) is 2. The van der Waals surface area contributed by atoms with E-state index in [0.717, 1.165) is 30.6 Å². The molecule has 1 heterocycles. The number of hydrogen-bond acceptors (Lipinski definition) is 2. The molecule has 0 saturated heterocycles. The van der Waals surface area contributed by atoms with Gasteiger partial charge in [-0.25, -0.2) is 0 Å². The van der Waals surface area contributed by atoms with Crippen LogP contribution in [0.15, 0.2) is 0 Å². The predicted octanol–water partition coefficient (Wildman–Crippen LogP) is 5.55. The number of nitrogens with one attached hydrogen (secondary N) is 1. The highest BCUT2D eigenvalue weighted by molar-refractivity contribution is 6.32. The summed E-state index contributed by atoms with van der Waals surface area (Å²) in [5, 5.41) is 6.51. The Kier molecular flexibility index (Phi) is 5.11. The average molecular weight is 444 g/mol. The molecule has 0 unspecified atom stereocenters. The van der Waals surface area contributed by atoms with Crippen molar-refractivity contribution in [2.24, 2.45) is 23.2 Å². The first-order valence-corrected chi connectivity index (χ1v) is 11.7. The van der Waals surface area contributed by atoms with Crippen LogP contribution in [-0.2, 0) is 17.5 Å². The lowest BCUT2D eigenvalue weighted by Crippen LogP contribution is -2.48. The van der Waals surface area contributed by atoms with Crippen LogP contribution in [0.25, 0.3) is 0 Å². The fourth-order valence-electron chi connectivity index (χ4n) is 6.92. The van der Waals surface area contributed by atoms with Crippen LogP contribution in [0, 0.1) is 23.2 Å². The summed E-state index contributed by atoms with van der Waals surface area (Å²) < 4.78 is 40.9. The second-order valence-corrected chi connectivity index (χ2v) is 10.7. The normalized spacial score (nSPS) is 32.6. The molecule has 5 fully saturated rings. The lowest BCUT2D eigenvalue weighted by atomic mass is 9.49. The lowest BCUT2D eigenvalue weighted by Gasteiger charge is -2.56. The van der Waals surface area contributed by atoms with Crippen LogP contribution in [-0.4, -0.2) is 22.2 Å². The van der Waals surface area contributed by atoms with Crippen LogP contribution in [0.5, 0.6) is 0 Å². The largest absolute Gasteiger partial charge is 0.436 e. The van der Waals surface area contributed by atoms with E-state index in [1.165, 1.54) is 43.2 Å². The minimum Gasteiger partial charge on any atom is -0.356 e. The third-order valence-electron chi connectivity index (χ3n) is 7.73. The average Bonchev–Trinajstić information content (AvgIpc) is 3.39. The summed E-state index contributed by atoms with van der Waals surface area (Å²) in [5.41, 5.74) is -0.282. The Bertz CT molecular complexity index is 795. The van der Waals surface area contributed by atoms with E-state index in [-0.39, 0.29) is 22.3 Å². The molecule has 0 spiro atoms. The van der Waals surface area contributed by atoms with Crippen molar-refractivity contribution in [2.45, 2.75) is 82.8 Å². The molecule has 6 rings (SSSR count). The third-order valence-corrected chi connectivity index (χ3v) is 8.11. The number of carbonyl (C=O) groups excluding carboxylic acids is 1. The maximum Gasteiger partial charge on any atom is 0.436 e. The summed E-state index contributed by atoms with van der Waals surface area (Å²) >= 11 is 6.01. The fourth-order valence-corrected chi connectivity index (χ4v) is 7.31. The van der Waals surface area contributed by atoms with Gasteiger partial charge in [0.05, 0.1) is 10.7 Å². The molecule has 0 aromatic carbocycles. The van der Waals surface area contributed by atoms with Crippen molar-refractivity contribution < 1.29 is 18.0 Å². The Hall–Kier alpha value is -1.24. The molecular formula is C22H29ClF3N3O. The molecule has 8 heteroatoms. The Morgan fingerprint density at radius 1 is 1.13 bits per heavy atom. The van der Waals surface area contributed by atoms with Gasteiger partial charge in [0.25, 0.3) is 0 Å². The van der Waals surface area contributed by atoms with E-state index in [1.54, 1.807) is 0 Å². The molecule has 166 valence electrons. The first-order chi connectivity index (χ1) is 14.2. The van der Waals surface area contributed by atoms with Gasteiger partial charge >= 0.3 is 6.18 Å². The topological polar surface area (TPSA) is 46.9 Å². The monoisotopic (exact) mass is 443 g/mol. The molecule has 5 aliphatic carbocycles. The van der Waals surface area contributed by atoms with E-state index < -0.39 is 11.9 Å². The van der Waals surface area contributed by atoms with Crippen LogP contribution in [0.2, 0.25) is 5.02 Å². The van der Waals surface area contributed by atoms with Crippen molar-refractivity contribution in [1.29, 1.82) is 0 Å². The smallest absolute Gasteiger partial charge is 0.356 e. The number of halogens is 4. The van der Waals surface area contributed by atoms with E-state index in [1.807, 2.05) is 0 Å². The van der Waals surface area contributed by atoms with E-state index >= 15 is 0 Å². The molecule has 0 aliphatic heterocycles. The van der Waals surface area contributed by atoms with E-state index in [0.29, 0.717) is 31.6 Å². The summed E-state index contributed by atoms with van der Waals surface area (Å²) in [4.78, 5) is 12.6. The molecule has 1 aromatic heterocycles. The Morgan fingerprint density at radius 3 is 2.27 bits per heavy atom. The van der Waals surface area contributed by atoms with Gasteiger partial charge in [0, 0.05) is 25.4 Å². The second-order valence-electron chi connectivity index (χ2n) is 10.3. The number of carbonyl (C=O) groups is 1. The minimum absolute atomic E-state index is 0.0757. The fraction of sp³-hybridized carbons (Fsp3) is 0.818. The Labute approximate surface area is 179 Å². The number of aromatic nitrogens is 2. The molecule has 1 amide bonds. The third kappa shape index (κ3) is 3.98. The van der Waals surface area contributed by atoms with Crippen LogP contribution >= 0.6 is 11.6 Å².